The molecule has 3 heteroatoms. The lowest BCUT2D eigenvalue weighted by atomic mass is 9.93. The Morgan fingerprint density at radius 1 is 1.17 bits per heavy atom. The second-order valence-corrected chi connectivity index (χ2v) is 8.01. The minimum atomic E-state index is 0.781. The molecule has 2 atom stereocenters. The van der Waals surface area contributed by atoms with Gasteiger partial charge in [-0.3, -0.25) is 4.90 Å². The molecule has 1 aromatic carbocycles. The predicted octanol–water partition coefficient (Wildman–Crippen LogP) is 4.98. The largest absolute Gasteiger partial charge is 0.303 e. The Bertz CT molecular complexity index is 525. The Morgan fingerprint density at radius 3 is 2.67 bits per heavy atom. The maximum atomic E-state index is 6.04. The van der Waals surface area contributed by atoms with Crippen molar-refractivity contribution in [1.82, 2.24) is 9.80 Å². The number of allylic oxidation sites excluding steroid dienone is 2. The highest BCUT2D eigenvalue weighted by Crippen LogP contribution is 2.23. The summed E-state index contributed by atoms with van der Waals surface area (Å²) < 4.78 is 0. The molecule has 0 N–H and O–H groups in total. The van der Waals surface area contributed by atoms with Crippen LogP contribution >= 0.6 is 11.6 Å². The Hall–Kier alpha value is -0.830. The molecular weight excluding hydrogens is 316 g/mol. The number of hydrogen-bond acceptors (Lipinski definition) is 2. The van der Waals surface area contributed by atoms with Gasteiger partial charge >= 0.3 is 0 Å². The summed E-state index contributed by atoms with van der Waals surface area (Å²) in [6, 6.07) is 9.17. The molecule has 1 aliphatic carbocycles. The average Bonchev–Trinajstić information content (AvgIpc) is 3.01. The predicted molar refractivity (Wildman–Crippen MR) is 103 cm³/mol. The van der Waals surface area contributed by atoms with Gasteiger partial charge in [0.2, 0.25) is 0 Å². The van der Waals surface area contributed by atoms with E-state index in [1.54, 1.807) is 0 Å². The van der Waals surface area contributed by atoms with Gasteiger partial charge in [0, 0.05) is 24.2 Å². The Balaban J connectivity index is 1.58. The van der Waals surface area contributed by atoms with Crippen LogP contribution < -0.4 is 0 Å². The number of hydrogen-bond donors (Lipinski definition) is 0. The lowest BCUT2D eigenvalue weighted by molar-refractivity contribution is 0.187. The topological polar surface area (TPSA) is 6.48 Å². The number of rotatable bonds is 7. The number of nitrogens with zero attached hydrogens (tertiary/aromatic N) is 2. The first kappa shape index (κ1) is 18.0. The van der Waals surface area contributed by atoms with Gasteiger partial charge in [-0.2, -0.15) is 0 Å². The first-order valence-corrected chi connectivity index (χ1v) is 9.90. The average molecular weight is 347 g/mol. The van der Waals surface area contributed by atoms with E-state index in [4.69, 9.17) is 11.6 Å². The molecule has 0 aromatic heterocycles. The highest BCUT2D eigenvalue weighted by molar-refractivity contribution is 6.30. The molecule has 24 heavy (non-hydrogen) atoms. The minimum Gasteiger partial charge on any atom is -0.303 e. The van der Waals surface area contributed by atoms with Gasteiger partial charge in [-0.15, -0.1) is 0 Å². The zero-order valence-electron chi connectivity index (χ0n) is 15.0. The van der Waals surface area contributed by atoms with Crippen molar-refractivity contribution < 1.29 is 0 Å². The molecule has 132 valence electrons. The van der Waals surface area contributed by atoms with E-state index >= 15 is 0 Å². The molecule has 0 radical (unpaired) electrons. The Labute approximate surface area is 152 Å². The van der Waals surface area contributed by atoms with E-state index in [0.717, 1.165) is 23.5 Å². The summed E-state index contributed by atoms with van der Waals surface area (Å²) in [5.74, 6) is 0.823. The Kier molecular flexibility index (Phi) is 6.76. The number of benzene rings is 1. The number of halogens is 1. The third-order valence-electron chi connectivity index (χ3n) is 5.66. The maximum absolute atomic E-state index is 6.04. The van der Waals surface area contributed by atoms with Gasteiger partial charge in [0.05, 0.1) is 0 Å². The normalized spacial score (nSPS) is 24.8. The molecule has 1 aliphatic heterocycles. The third kappa shape index (κ3) is 5.34. The fraction of sp³-hybridized carbons (Fsp3) is 0.619. The van der Waals surface area contributed by atoms with Gasteiger partial charge < -0.3 is 4.90 Å². The van der Waals surface area contributed by atoms with E-state index in [-0.39, 0.29) is 0 Å². The zero-order chi connectivity index (χ0) is 16.8. The van der Waals surface area contributed by atoms with Crippen LogP contribution in [0.25, 0.3) is 0 Å². The van der Waals surface area contributed by atoms with Crippen LogP contribution in [0.4, 0.5) is 0 Å². The van der Waals surface area contributed by atoms with Crippen LogP contribution in [0.2, 0.25) is 5.02 Å². The molecule has 0 bridgehead atoms. The van der Waals surface area contributed by atoms with Crippen molar-refractivity contribution in [2.24, 2.45) is 5.92 Å². The van der Waals surface area contributed by atoms with Crippen LogP contribution in [-0.4, -0.2) is 42.5 Å². The summed E-state index contributed by atoms with van der Waals surface area (Å²) in [4.78, 5) is 5.23. The van der Waals surface area contributed by atoms with Gasteiger partial charge in [0.1, 0.15) is 0 Å². The Morgan fingerprint density at radius 2 is 2.00 bits per heavy atom. The van der Waals surface area contributed by atoms with Crippen molar-refractivity contribution in [3.8, 4) is 0 Å². The highest BCUT2D eigenvalue weighted by Gasteiger charge is 2.22. The molecule has 1 aromatic rings. The second-order valence-electron chi connectivity index (χ2n) is 7.58. The third-order valence-corrected chi connectivity index (χ3v) is 5.92. The molecule has 0 saturated carbocycles. The van der Waals surface area contributed by atoms with E-state index < -0.39 is 0 Å². The fourth-order valence-electron chi connectivity index (χ4n) is 4.15. The van der Waals surface area contributed by atoms with Crippen molar-refractivity contribution in [2.45, 2.75) is 51.1 Å². The van der Waals surface area contributed by atoms with E-state index in [2.05, 4.69) is 41.1 Å². The molecule has 1 unspecified atom stereocenters. The molecule has 0 amide bonds. The van der Waals surface area contributed by atoms with Gasteiger partial charge in [0.15, 0.2) is 0 Å². The lowest BCUT2D eigenvalue weighted by Crippen LogP contribution is -2.34. The fourth-order valence-corrected chi connectivity index (χ4v) is 4.27. The standard InChI is InChI=1S/C21H31ClN2/c1-23-14-5-8-21(23)13-15-24(16-18-6-3-2-4-7-18)17-19-9-11-20(22)12-10-19/h2-3,9-12,18,21H,4-8,13-17H2,1H3/t18?,21-/m0/s1. The SMILES string of the molecule is CN1CCC[C@H]1CCN(Cc1ccc(Cl)cc1)CC1CC=CCC1. The van der Waals surface area contributed by atoms with E-state index in [1.165, 1.54) is 63.7 Å². The van der Waals surface area contributed by atoms with Crippen LogP contribution in [0.5, 0.6) is 0 Å². The summed E-state index contributed by atoms with van der Waals surface area (Å²) in [6.07, 6.45) is 12.6. The minimum absolute atomic E-state index is 0.781. The molecule has 2 nitrogen and oxygen atoms in total. The summed E-state index contributed by atoms with van der Waals surface area (Å²) in [5.41, 5.74) is 1.38. The first-order valence-electron chi connectivity index (χ1n) is 9.53. The quantitative estimate of drug-likeness (QED) is 0.642. The molecule has 3 rings (SSSR count). The molecule has 1 fully saturated rings. The summed E-state index contributed by atoms with van der Waals surface area (Å²) >= 11 is 6.04. The molecule has 2 aliphatic rings. The van der Waals surface area contributed by atoms with Gasteiger partial charge in [-0.25, -0.2) is 0 Å². The first-order chi connectivity index (χ1) is 11.7. The van der Waals surface area contributed by atoms with Crippen molar-refractivity contribution in [2.75, 3.05) is 26.7 Å². The smallest absolute Gasteiger partial charge is 0.0406 e. The summed E-state index contributed by atoms with van der Waals surface area (Å²) in [5, 5.41) is 0.829. The van der Waals surface area contributed by atoms with Gasteiger partial charge in [0.25, 0.3) is 0 Å². The van der Waals surface area contributed by atoms with Crippen LogP contribution in [0.1, 0.15) is 44.1 Å². The van der Waals surface area contributed by atoms with E-state index in [0.29, 0.717) is 0 Å². The van der Waals surface area contributed by atoms with Crippen molar-refractivity contribution in [3.05, 3.63) is 47.0 Å². The summed E-state index contributed by atoms with van der Waals surface area (Å²) in [6.45, 7) is 4.75. The number of likely N-dealkylation sites (tertiary alicyclic amines) is 1. The lowest BCUT2D eigenvalue weighted by Gasteiger charge is -2.30. The van der Waals surface area contributed by atoms with Crippen LogP contribution in [0.15, 0.2) is 36.4 Å². The zero-order valence-corrected chi connectivity index (χ0v) is 15.7. The van der Waals surface area contributed by atoms with Crippen LogP contribution in [0, 0.1) is 5.92 Å². The molecule has 0 spiro atoms. The van der Waals surface area contributed by atoms with Crippen molar-refractivity contribution in [1.29, 1.82) is 0 Å². The maximum Gasteiger partial charge on any atom is 0.0406 e. The molecule has 1 heterocycles. The van der Waals surface area contributed by atoms with Gasteiger partial charge in [-0.05, 0) is 82.3 Å². The van der Waals surface area contributed by atoms with Crippen LogP contribution in [-0.2, 0) is 6.54 Å². The monoisotopic (exact) mass is 346 g/mol. The van der Waals surface area contributed by atoms with E-state index in [1.807, 2.05) is 12.1 Å². The summed E-state index contributed by atoms with van der Waals surface area (Å²) in [7, 11) is 2.28. The molecule has 1 saturated heterocycles. The van der Waals surface area contributed by atoms with Crippen molar-refractivity contribution >= 4 is 11.6 Å². The van der Waals surface area contributed by atoms with Crippen molar-refractivity contribution in [3.63, 3.8) is 0 Å². The van der Waals surface area contributed by atoms with E-state index in [9.17, 15) is 0 Å². The second kappa shape index (κ2) is 9.03. The molecular formula is C21H31ClN2. The highest BCUT2D eigenvalue weighted by atomic mass is 35.5. The van der Waals surface area contributed by atoms with Gasteiger partial charge in [-0.1, -0.05) is 35.9 Å². The van der Waals surface area contributed by atoms with Crippen LogP contribution in [0.3, 0.4) is 0 Å².